The van der Waals surface area contributed by atoms with Crippen molar-refractivity contribution >= 4 is 6.41 Å². The lowest BCUT2D eigenvalue weighted by Crippen LogP contribution is -1.87. The number of hydrogen-bond donors (Lipinski definition) is 0. The fraction of sp³-hybridized carbons (Fsp3) is 0.750. The molecule has 0 aromatic heterocycles. The van der Waals surface area contributed by atoms with Gasteiger partial charge in [0.15, 0.2) is 6.73 Å². The van der Waals surface area contributed by atoms with E-state index in [1.54, 1.807) is 0 Å². The molecule has 0 bridgehead atoms. The summed E-state index contributed by atoms with van der Waals surface area (Å²) in [5.41, 5.74) is 0. The molecule has 0 rings (SSSR count). The largest absolute Gasteiger partial charge is 0.358 e. The van der Waals surface area contributed by atoms with Gasteiger partial charge in [-0.3, -0.25) is 4.79 Å². The van der Waals surface area contributed by atoms with E-state index in [2.05, 4.69) is 10.2 Å². The highest BCUT2D eigenvalue weighted by molar-refractivity contribution is 5.45. The quantitative estimate of drug-likeness (QED) is 0.306. The first-order valence-electron chi connectivity index (χ1n) is 2.29. The SMILES string of the molecule is CCOCN=NC=O. The second kappa shape index (κ2) is 6.23. The van der Waals surface area contributed by atoms with Crippen molar-refractivity contribution < 1.29 is 9.53 Å². The van der Waals surface area contributed by atoms with E-state index >= 15 is 0 Å². The molecule has 8 heavy (non-hydrogen) atoms. The van der Waals surface area contributed by atoms with Gasteiger partial charge in [-0.1, -0.05) is 0 Å². The van der Waals surface area contributed by atoms with Crippen molar-refractivity contribution in [3.63, 3.8) is 0 Å². The van der Waals surface area contributed by atoms with Crippen molar-refractivity contribution in [2.24, 2.45) is 10.2 Å². The summed E-state index contributed by atoms with van der Waals surface area (Å²) in [6, 6.07) is 0. The van der Waals surface area contributed by atoms with Gasteiger partial charge in [0.2, 0.25) is 0 Å². The molecule has 0 saturated carbocycles. The molecule has 0 aliphatic rings. The Morgan fingerprint density at radius 2 is 2.50 bits per heavy atom. The molecule has 0 aliphatic carbocycles. The Kier molecular flexibility index (Phi) is 5.63. The summed E-state index contributed by atoms with van der Waals surface area (Å²) in [7, 11) is 0. The van der Waals surface area contributed by atoms with Gasteiger partial charge in [0.1, 0.15) is 0 Å². The van der Waals surface area contributed by atoms with Crippen LogP contribution in [0.2, 0.25) is 0 Å². The number of rotatable bonds is 4. The molecule has 46 valence electrons. The van der Waals surface area contributed by atoms with Gasteiger partial charge in [-0.05, 0) is 6.92 Å². The Labute approximate surface area is 47.6 Å². The standard InChI is InChI=1S/C4H8N2O2/c1-2-8-4-6-5-3-7/h3H,2,4H2,1H3. The van der Waals surface area contributed by atoms with E-state index in [-0.39, 0.29) is 6.73 Å². The number of hydrogen-bond acceptors (Lipinski definition) is 3. The lowest BCUT2D eigenvalue weighted by Gasteiger charge is -1.87. The molecule has 0 spiro atoms. The van der Waals surface area contributed by atoms with Gasteiger partial charge in [0, 0.05) is 6.61 Å². The zero-order valence-corrected chi connectivity index (χ0v) is 4.70. The minimum absolute atomic E-state index is 0.176. The van der Waals surface area contributed by atoms with Crippen LogP contribution < -0.4 is 0 Å². The minimum Gasteiger partial charge on any atom is -0.358 e. The maximum Gasteiger partial charge on any atom is 0.252 e. The highest BCUT2D eigenvalue weighted by Crippen LogP contribution is 1.74. The van der Waals surface area contributed by atoms with Gasteiger partial charge in [0.25, 0.3) is 6.41 Å². The lowest BCUT2D eigenvalue weighted by atomic mass is 10.9. The maximum atomic E-state index is 9.45. The molecule has 4 heteroatoms. The molecule has 0 saturated heterocycles. The maximum absolute atomic E-state index is 9.45. The third-order valence-corrected chi connectivity index (χ3v) is 0.482. The fourth-order valence-corrected chi connectivity index (χ4v) is 0.199. The molecule has 0 aromatic carbocycles. The monoisotopic (exact) mass is 116 g/mol. The average Bonchev–Trinajstić information content (AvgIpc) is 1.81. The van der Waals surface area contributed by atoms with Gasteiger partial charge in [-0.25, -0.2) is 0 Å². The molecule has 0 atom stereocenters. The summed E-state index contributed by atoms with van der Waals surface area (Å²) < 4.78 is 4.72. The molecule has 0 heterocycles. The highest BCUT2D eigenvalue weighted by atomic mass is 16.5. The van der Waals surface area contributed by atoms with Gasteiger partial charge in [-0.15, -0.1) is 5.11 Å². The summed E-state index contributed by atoms with van der Waals surface area (Å²) in [5.74, 6) is 0. The van der Waals surface area contributed by atoms with Crippen molar-refractivity contribution in [3.8, 4) is 0 Å². The molecule has 1 amide bonds. The van der Waals surface area contributed by atoms with Crippen LogP contribution in [0.15, 0.2) is 10.2 Å². The van der Waals surface area contributed by atoms with Crippen LogP contribution in [0.1, 0.15) is 6.92 Å². The molecule has 0 aromatic rings. The Hall–Kier alpha value is -0.770. The summed E-state index contributed by atoms with van der Waals surface area (Å²) in [5, 5.41) is 6.34. The average molecular weight is 116 g/mol. The Balaban J connectivity index is 2.91. The van der Waals surface area contributed by atoms with Crippen molar-refractivity contribution in [2.75, 3.05) is 13.3 Å². The van der Waals surface area contributed by atoms with Crippen LogP contribution >= 0.6 is 0 Å². The highest BCUT2D eigenvalue weighted by Gasteiger charge is 1.73. The van der Waals surface area contributed by atoms with Crippen LogP contribution in [0.4, 0.5) is 0 Å². The number of carbonyl (C=O) groups excluding carboxylic acids is 1. The number of amides is 1. The molecular weight excluding hydrogens is 108 g/mol. The lowest BCUT2D eigenvalue weighted by molar-refractivity contribution is -0.107. The predicted molar refractivity (Wildman–Crippen MR) is 27.4 cm³/mol. The fourth-order valence-electron chi connectivity index (χ4n) is 0.199. The van der Waals surface area contributed by atoms with E-state index < -0.39 is 0 Å². The number of ether oxygens (including phenoxy) is 1. The molecule has 4 nitrogen and oxygen atoms in total. The zero-order chi connectivity index (χ0) is 6.24. The Bertz CT molecular complexity index is 82.1. The number of azo groups is 1. The molecule has 0 aliphatic heterocycles. The second-order valence-electron chi connectivity index (χ2n) is 0.984. The van der Waals surface area contributed by atoms with E-state index in [0.29, 0.717) is 13.0 Å². The van der Waals surface area contributed by atoms with Crippen molar-refractivity contribution in [1.29, 1.82) is 0 Å². The van der Waals surface area contributed by atoms with Crippen LogP contribution in [0, 0.1) is 0 Å². The smallest absolute Gasteiger partial charge is 0.252 e. The van der Waals surface area contributed by atoms with Crippen molar-refractivity contribution in [3.05, 3.63) is 0 Å². The van der Waals surface area contributed by atoms with E-state index in [9.17, 15) is 4.79 Å². The summed E-state index contributed by atoms with van der Waals surface area (Å²) in [6.45, 7) is 2.61. The number of carbonyl (C=O) groups is 1. The Morgan fingerprint density at radius 3 is 3.00 bits per heavy atom. The van der Waals surface area contributed by atoms with E-state index in [1.807, 2.05) is 6.92 Å². The van der Waals surface area contributed by atoms with Crippen LogP contribution in [-0.4, -0.2) is 19.7 Å². The van der Waals surface area contributed by atoms with Crippen molar-refractivity contribution in [2.45, 2.75) is 6.92 Å². The molecule has 0 fully saturated rings. The van der Waals surface area contributed by atoms with Gasteiger partial charge in [-0.2, -0.15) is 5.11 Å². The van der Waals surface area contributed by atoms with Gasteiger partial charge in [0.05, 0.1) is 0 Å². The predicted octanol–water partition coefficient (Wildman–Crippen LogP) is 0.589. The van der Waals surface area contributed by atoms with Gasteiger partial charge < -0.3 is 4.74 Å². The topological polar surface area (TPSA) is 51.0 Å². The summed E-state index contributed by atoms with van der Waals surface area (Å²) >= 11 is 0. The van der Waals surface area contributed by atoms with Crippen LogP contribution in [0.3, 0.4) is 0 Å². The zero-order valence-electron chi connectivity index (χ0n) is 4.70. The van der Waals surface area contributed by atoms with Crippen LogP contribution in [0.25, 0.3) is 0 Å². The third kappa shape index (κ3) is 5.23. The van der Waals surface area contributed by atoms with E-state index in [0.717, 1.165) is 0 Å². The normalized spacial score (nSPS) is 10.1. The van der Waals surface area contributed by atoms with Crippen molar-refractivity contribution in [1.82, 2.24) is 0 Å². The first-order chi connectivity index (χ1) is 3.91. The van der Waals surface area contributed by atoms with Crippen LogP contribution in [0.5, 0.6) is 0 Å². The first kappa shape index (κ1) is 7.23. The number of nitrogens with zero attached hydrogens (tertiary/aromatic N) is 2. The summed E-state index contributed by atoms with van der Waals surface area (Å²) in [4.78, 5) is 9.45. The summed E-state index contributed by atoms with van der Waals surface area (Å²) in [6.07, 6.45) is 0.374. The molecule has 0 radical (unpaired) electrons. The minimum atomic E-state index is 0.176. The third-order valence-electron chi connectivity index (χ3n) is 0.482. The Morgan fingerprint density at radius 1 is 1.75 bits per heavy atom. The van der Waals surface area contributed by atoms with E-state index in [4.69, 9.17) is 4.74 Å². The van der Waals surface area contributed by atoms with E-state index in [1.165, 1.54) is 0 Å². The first-order valence-corrected chi connectivity index (χ1v) is 2.29. The second-order valence-corrected chi connectivity index (χ2v) is 0.984. The van der Waals surface area contributed by atoms with Crippen LogP contribution in [-0.2, 0) is 9.53 Å². The molecular formula is C4H8N2O2. The molecule has 0 unspecified atom stereocenters. The molecule has 0 N–H and O–H groups in total. The van der Waals surface area contributed by atoms with Gasteiger partial charge >= 0.3 is 0 Å².